The van der Waals surface area contributed by atoms with Crippen LogP contribution in [-0.4, -0.2) is 47.4 Å². The lowest BCUT2D eigenvalue weighted by molar-refractivity contribution is -0.143. The van der Waals surface area contributed by atoms with E-state index in [1.165, 1.54) is 193 Å². The van der Waals surface area contributed by atoms with Crippen molar-refractivity contribution in [3.05, 3.63) is 0 Å². The average Bonchev–Trinajstić information content (AvgIpc) is 3.20. The van der Waals surface area contributed by atoms with Gasteiger partial charge in [0.2, 0.25) is 5.91 Å². The molecule has 0 saturated heterocycles. The Kier molecular flexibility index (Phi) is 45.6. The molecule has 0 bridgehead atoms. The summed E-state index contributed by atoms with van der Waals surface area (Å²) in [6.07, 6.45) is 50.6. The molecule has 0 radical (unpaired) electrons. The van der Waals surface area contributed by atoms with Gasteiger partial charge in [0.15, 0.2) is 0 Å². The first-order chi connectivity index (χ1) is 27.5. The van der Waals surface area contributed by atoms with E-state index in [1.807, 2.05) is 0 Å². The van der Waals surface area contributed by atoms with Gasteiger partial charge in [-0.2, -0.15) is 0 Å². The van der Waals surface area contributed by atoms with Crippen LogP contribution in [0.3, 0.4) is 0 Å². The van der Waals surface area contributed by atoms with Crippen LogP contribution >= 0.6 is 0 Å². The molecule has 0 aromatic heterocycles. The lowest BCUT2D eigenvalue weighted by atomic mass is 10.0. The van der Waals surface area contributed by atoms with E-state index in [9.17, 15) is 19.8 Å². The third-order valence-electron chi connectivity index (χ3n) is 11.9. The van der Waals surface area contributed by atoms with Crippen LogP contribution in [-0.2, 0) is 14.3 Å². The van der Waals surface area contributed by atoms with Crippen molar-refractivity contribution in [2.45, 2.75) is 296 Å². The van der Waals surface area contributed by atoms with Crippen molar-refractivity contribution >= 4 is 11.9 Å². The lowest BCUT2D eigenvalue weighted by Gasteiger charge is -2.22. The summed E-state index contributed by atoms with van der Waals surface area (Å²) in [5.74, 6) is -0.0645. The average molecular weight is 794 g/mol. The Bertz CT molecular complexity index is 791. The molecule has 0 aromatic carbocycles. The minimum Gasteiger partial charge on any atom is -0.466 e. The molecular weight excluding hydrogens is 695 g/mol. The van der Waals surface area contributed by atoms with Gasteiger partial charge < -0.3 is 20.3 Å². The van der Waals surface area contributed by atoms with E-state index in [0.29, 0.717) is 25.9 Å². The Morgan fingerprint density at radius 3 is 1.09 bits per heavy atom. The van der Waals surface area contributed by atoms with Gasteiger partial charge >= 0.3 is 5.97 Å². The zero-order chi connectivity index (χ0) is 40.8. The highest BCUT2D eigenvalue weighted by molar-refractivity contribution is 5.76. The number of carbonyl (C=O) groups excluding carboxylic acids is 2. The van der Waals surface area contributed by atoms with E-state index >= 15 is 0 Å². The van der Waals surface area contributed by atoms with Gasteiger partial charge in [-0.3, -0.25) is 9.59 Å². The molecule has 0 aliphatic rings. The van der Waals surface area contributed by atoms with Gasteiger partial charge in [0, 0.05) is 12.8 Å². The predicted octanol–water partition coefficient (Wildman–Crippen LogP) is 14.8. The summed E-state index contributed by atoms with van der Waals surface area (Å²) in [4.78, 5) is 24.4. The van der Waals surface area contributed by atoms with Crippen LogP contribution in [0.25, 0.3) is 0 Å². The topological polar surface area (TPSA) is 95.9 Å². The van der Waals surface area contributed by atoms with E-state index in [1.54, 1.807) is 0 Å². The normalized spacial score (nSPS) is 12.6. The molecule has 2 atom stereocenters. The van der Waals surface area contributed by atoms with Crippen LogP contribution in [0.2, 0.25) is 0 Å². The predicted molar refractivity (Wildman–Crippen MR) is 241 cm³/mol. The van der Waals surface area contributed by atoms with E-state index in [4.69, 9.17) is 4.74 Å². The third-order valence-corrected chi connectivity index (χ3v) is 11.9. The maximum absolute atomic E-state index is 12.4. The lowest BCUT2D eigenvalue weighted by Crippen LogP contribution is -2.45. The number of amides is 1. The van der Waals surface area contributed by atoms with Crippen LogP contribution in [0.5, 0.6) is 0 Å². The smallest absolute Gasteiger partial charge is 0.305 e. The number of rotatable bonds is 47. The SMILES string of the molecule is CCCCCCCCCCCCCCCCCCCC(O)C(CO)NC(=O)CCCCCCCCCCCCCOC(=O)CCCCCCCCCCCCC. The molecule has 6 heteroatoms. The zero-order valence-electron chi connectivity index (χ0n) is 37.9. The first-order valence-electron chi connectivity index (χ1n) is 25.3. The van der Waals surface area contributed by atoms with Gasteiger partial charge in [0.25, 0.3) is 0 Å². The Hall–Kier alpha value is -1.14. The van der Waals surface area contributed by atoms with E-state index in [2.05, 4.69) is 19.2 Å². The van der Waals surface area contributed by atoms with Crippen LogP contribution in [0, 0.1) is 0 Å². The largest absolute Gasteiger partial charge is 0.466 e. The molecule has 334 valence electrons. The molecule has 0 fully saturated rings. The fourth-order valence-corrected chi connectivity index (χ4v) is 7.99. The van der Waals surface area contributed by atoms with Crippen molar-refractivity contribution < 1.29 is 24.5 Å². The van der Waals surface area contributed by atoms with Crippen molar-refractivity contribution in [1.82, 2.24) is 5.32 Å². The monoisotopic (exact) mass is 794 g/mol. The van der Waals surface area contributed by atoms with Crippen LogP contribution in [0.15, 0.2) is 0 Å². The number of aliphatic hydroxyl groups excluding tert-OH is 2. The summed E-state index contributed by atoms with van der Waals surface area (Å²) in [5.41, 5.74) is 0. The zero-order valence-corrected chi connectivity index (χ0v) is 37.9. The van der Waals surface area contributed by atoms with Gasteiger partial charge in [-0.25, -0.2) is 0 Å². The van der Waals surface area contributed by atoms with Crippen LogP contribution in [0.4, 0.5) is 0 Å². The molecule has 1 amide bonds. The minimum atomic E-state index is -0.674. The highest BCUT2D eigenvalue weighted by Gasteiger charge is 2.20. The Morgan fingerprint density at radius 2 is 0.732 bits per heavy atom. The highest BCUT2D eigenvalue weighted by Crippen LogP contribution is 2.17. The quantitative estimate of drug-likeness (QED) is 0.0421. The number of hydrogen-bond acceptors (Lipinski definition) is 5. The molecule has 0 aromatic rings. The standard InChI is InChI=1S/C50H99NO5/c1-3-5-7-9-11-13-15-16-17-18-19-20-23-26-30-34-38-42-48(53)47(46-52)51-49(54)43-39-35-31-27-24-21-25-29-33-37-41-45-56-50(55)44-40-36-32-28-22-14-12-10-8-6-4-2/h47-48,52-53H,3-46H2,1-2H3,(H,51,54). The van der Waals surface area contributed by atoms with Gasteiger partial charge in [-0.1, -0.05) is 245 Å². The Balaban J connectivity index is 3.47. The molecule has 56 heavy (non-hydrogen) atoms. The minimum absolute atomic E-state index is 0.0132. The molecular formula is C50H99NO5. The number of nitrogens with one attached hydrogen (secondary N) is 1. The fourth-order valence-electron chi connectivity index (χ4n) is 7.99. The summed E-state index contributed by atoms with van der Waals surface area (Å²) >= 11 is 0. The number of carbonyl (C=O) groups is 2. The molecule has 0 saturated carbocycles. The molecule has 0 heterocycles. The molecule has 0 rings (SSSR count). The molecule has 0 aliphatic heterocycles. The van der Waals surface area contributed by atoms with Crippen molar-refractivity contribution in [3.63, 3.8) is 0 Å². The van der Waals surface area contributed by atoms with Crippen molar-refractivity contribution in [2.24, 2.45) is 0 Å². The van der Waals surface area contributed by atoms with E-state index in [-0.39, 0.29) is 18.5 Å². The number of esters is 1. The summed E-state index contributed by atoms with van der Waals surface area (Å²) < 4.78 is 5.44. The van der Waals surface area contributed by atoms with Gasteiger partial charge in [-0.05, 0) is 25.7 Å². The van der Waals surface area contributed by atoms with Crippen LogP contribution < -0.4 is 5.32 Å². The van der Waals surface area contributed by atoms with Crippen molar-refractivity contribution in [1.29, 1.82) is 0 Å². The second-order valence-corrected chi connectivity index (χ2v) is 17.5. The summed E-state index contributed by atoms with van der Waals surface area (Å²) in [6, 6.07) is -0.553. The molecule has 3 N–H and O–H groups in total. The van der Waals surface area contributed by atoms with Gasteiger partial charge in [-0.15, -0.1) is 0 Å². The molecule has 0 spiro atoms. The first kappa shape index (κ1) is 54.9. The maximum Gasteiger partial charge on any atom is 0.305 e. The number of hydrogen-bond donors (Lipinski definition) is 3. The first-order valence-corrected chi connectivity index (χ1v) is 25.3. The molecule has 0 aliphatic carbocycles. The summed E-state index contributed by atoms with van der Waals surface area (Å²) in [7, 11) is 0. The van der Waals surface area contributed by atoms with E-state index < -0.39 is 12.1 Å². The second kappa shape index (κ2) is 46.5. The van der Waals surface area contributed by atoms with Crippen molar-refractivity contribution in [3.8, 4) is 0 Å². The van der Waals surface area contributed by atoms with Crippen molar-refractivity contribution in [2.75, 3.05) is 13.2 Å². The second-order valence-electron chi connectivity index (χ2n) is 17.5. The maximum atomic E-state index is 12.4. The Morgan fingerprint density at radius 1 is 0.429 bits per heavy atom. The number of ether oxygens (including phenoxy) is 1. The third kappa shape index (κ3) is 42.5. The Labute approximate surface area is 349 Å². The molecule has 6 nitrogen and oxygen atoms in total. The van der Waals surface area contributed by atoms with E-state index in [0.717, 1.165) is 57.8 Å². The van der Waals surface area contributed by atoms with Gasteiger partial charge in [0.05, 0.1) is 25.4 Å². The highest BCUT2D eigenvalue weighted by atomic mass is 16.5. The summed E-state index contributed by atoms with van der Waals surface area (Å²) in [5, 5.41) is 23.2. The molecule has 2 unspecified atom stereocenters. The number of aliphatic hydroxyl groups is 2. The fraction of sp³-hybridized carbons (Fsp3) is 0.960. The summed E-state index contributed by atoms with van der Waals surface area (Å²) in [6.45, 7) is 4.92. The van der Waals surface area contributed by atoms with Crippen LogP contribution in [0.1, 0.15) is 284 Å². The van der Waals surface area contributed by atoms with Gasteiger partial charge in [0.1, 0.15) is 0 Å². The number of unbranched alkanes of at least 4 members (excludes halogenated alkanes) is 36.